The molecule has 7 heteroatoms. The van der Waals surface area contributed by atoms with Crippen molar-refractivity contribution >= 4 is 5.91 Å². The Morgan fingerprint density at radius 1 is 1.17 bits per heavy atom. The average molecular weight is 329 g/mol. The molecule has 1 amide bonds. The highest BCUT2D eigenvalue weighted by Gasteiger charge is 2.12. The first kappa shape index (κ1) is 15.8. The van der Waals surface area contributed by atoms with Crippen LogP contribution in [0, 0.1) is 18.6 Å². The number of carbonyl (C=O) groups is 1. The minimum absolute atomic E-state index is 0.00678. The third kappa shape index (κ3) is 3.45. The number of benzene rings is 2. The van der Waals surface area contributed by atoms with Crippen LogP contribution in [0.25, 0.3) is 11.4 Å². The number of nitrogens with zero attached hydrogens (tertiary/aromatic N) is 2. The monoisotopic (exact) mass is 329 g/mol. The zero-order chi connectivity index (χ0) is 17.1. The summed E-state index contributed by atoms with van der Waals surface area (Å²) in [4.78, 5) is 16.1. The summed E-state index contributed by atoms with van der Waals surface area (Å²) in [6, 6.07) is 10.5. The number of nitrogens with one attached hydrogen (secondary N) is 1. The second-order valence-electron chi connectivity index (χ2n) is 5.19. The van der Waals surface area contributed by atoms with Crippen molar-refractivity contribution in [2.75, 3.05) is 0 Å². The minimum Gasteiger partial charge on any atom is -0.343 e. The van der Waals surface area contributed by atoms with E-state index in [1.165, 1.54) is 6.07 Å². The molecule has 0 saturated carbocycles. The van der Waals surface area contributed by atoms with Gasteiger partial charge in [0.15, 0.2) is 11.6 Å². The maximum Gasteiger partial charge on any atom is 0.251 e. The Balaban J connectivity index is 1.67. The van der Waals surface area contributed by atoms with Gasteiger partial charge in [0.1, 0.15) is 0 Å². The van der Waals surface area contributed by atoms with E-state index in [1.807, 2.05) is 31.2 Å². The Kier molecular flexibility index (Phi) is 4.33. The smallest absolute Gasteiger partial charge is 0.251 e. The zero-order valence-corrected chi connectivity index (χ0v) is 12.7. The summed E-state index contributed by atoms with van der Waals surface area (Å²) in [5.41, 5.74) is 1.87. The summed E-state index contributed by atoms with van der Waals surface area (Å²) in [7, 11) is 0. The molecule has 3 rings (SSSR count). The summed E-state index contributed by atoms with van der Waals surface area (Å²) in [6.45, 7) is 1.93. The van der Waals surface area contributed by atoms with Crippen molar-refractivity contribution in [3.05, 3.63) is 71.1 Å². The Morgan fingerprint density at radius 2 is 2.00 bits per heavy atom. The van der Waals surface area contributed by atoms with Crippen LogP contribution >= 0.6 is 0 Å². The quantitative estimate of drug-likeness (QED) is 0.798. The summed E-state index contributed by atoms with van der Waals surface area (Å²) in [5, 5.41) is 6.37. The summed E-state index contributed by atoms with van der Waals surface area (Å²) in [6.07, 6.45) is 0. The van der Waals surface area contributed by atoms with Gasteiger partial charge in [-0.15, -0.1) is 0 Å². The van der Waals surface area contributed by atoms with Gasteiger partial charge in [0, 0.05) is 11.1 Å². The van der Waals surface area contributed by atoms with Gasteiger partial charge in [-0.2, -0.15) is 4.98 Å². The lowest BCUT2D eigenvalue weighted by Gasteiger charge is -2.02. The molecule has 0 saturated heterocycles. The fraction of sp³-hybridized carbons (Fsp3) is 0.118. The molecular weight excluding hydrogens is 316 g/mol. The molecule has 1 aromatic heterocycles. The molecule has 3 aromatic rings. The fourth-order valence-electron chi connectivity index (χ4n) is 2.12. The molecule has 0 unspecified atom stereocenters. The van der Waals surface area contributed by atoms with Gasteiger partial charge in [0.05, 0.1) is 6.54 Å². The molecule has 5 nitrogen and oxygen atoms in total. The maximum absolute atomic E-state index is 13.1. The largest absolute Gasteiger partial charge is 0.343 e. The number of aryl methyl sites for hydroxylation is 1. The number of hydrogen-bond donors (Lipinski definition) is 1. The number of carbonyl (C=O) groups excluding carboxylic acids is 1. The van der Waals surface area contributed by atoms with Gasteiger partial charge in [-0.25, -0.2) is 8.78 Å². The van der Waals surface area contributed by atoms with Crippen molar-refractivity contribution in [1.82, 2.24) is 15.5 Å². The molecule has 0 bridgehead atoms. The Morgan fingerprint density at radius 3 is 2.75 bits per heavy atom. The van der Waals surface area contributed by atoms with Crippen LogP contribution in [0.15, 0.2) is 47.0 Å². The van der Waals surface area contributed by atoms with Crippen molar-refractivity contribution in [3.63, 3.8) is 0 Å². The molecule has 0 fully saturated rings. The van der Waals surface area contributed by atoms with Gasteiger partial charge in [-0.1, -0.05) is 28.9 Å². The van der Waals surface area contributed by atoms with E-state index < -0.39 is 17.5 Å². The number of rotatable bonds is 4. The molecule has 0 radical (unpaired) electrons. The van der Waals surface area contributed by atoms with Crippen LogP contribution in [-0.4, -0.2) is 16.0 Å². The molecule has 0 spiro atoms. The molecule has 1 N–H and O–H groups in total. The lowest BCUT2D eigenvalue weighted by molar-refractivity contribution is 0.0945. The topological polar surface area (TPSA) is 68.0 Å². The Hall–Kier alpha value is -3.09. The summed E-state index contributed by atoms with van der Waals surface area (Å²) in [5.74, 6) is -2.03. The van der Waals surface area contributed by atoms with Gasteiger partial charge >= 0.3 is 0 Å². The van der Waals surface area contributed by atoms with Crippen LogP contribution in [0.1, 0.15) is 21.8 Å². The number of hydrogen-bond acceptors (Lipinski definition) is 4. The number of amides is 1. The Labute approximate surface area is 136 Å². The molecular formula is C17H13F2N3O2. The van der Waals surface area contributed by atoms with E-state index >= 15 is 0 Å². The van der Waals surface area contributed by atoms with E-state index in [-0.39, 0.29) is 18.0 Å². The first-order valence-corrected chi connectivity index (χ1v) is 7.16. The van der Waals surface area contributed by atoms with Crippen molar-refractivity contribution in [3.8, 4) is 11.4 Å². The lowest BCUT2D eigenvalue weighted by atomic mass is 10.1. The maximum atomic E-state index is 13.1. The van der Waals surface area contributed by atoms with Gasteiger partial charge in [0.25, 0.3) is 5.91 Å². The third-order valence-electron chi connectivity index (χ3n) is 3.33. The van der Waals surface area contributed by atoms with Gasteiger partial charge in [0.2, 0.25) is 11.7 Å². The van der Waals surface area contributed by atoms with Crippen LogP contribution < -0.4 is 5.32 Å². The number of halogens is 2. The van der Waals surface area contributed by atoms with Gasteiger partial charge in [-0.05, 0) is 31.2 Å². The van der Waals surface area contributed by atoms with E-state index in [2.05, 4.69) is 15.5 Å². The van der Waals surface area contributed by atoms with Crippen molar-refractivity contribution in [1.29, 1.82) is 0 Å². The Bertz CT molecular complexity index is 893. The van der Waals surface area contributed by atoms with Crippen molar-refractivity contribution in [2.45, 2.75) is 13.5 Å². The molecule has 24 heavy (non-hydrogen) atoms. The second kappa shape index (κ2) is 6.57. The molecule has 0 aliphatic heterocycles. The molecule has 0 aliphatic rings. The zero-order valence-electron chi connectivity index (χ0n) is 12.7. The third-order valence-corrected chi connectivity index (χ3v) is 3.33. The van der Waals surface area contributed by atoms with Crippen LogP contribution in [0.3, 0.4) is 0 Å². The summed E-state index contributed by atoms with van der Waals surface area (Å²) < 4.78 is 31.1. The molecule has 0 aliphatic carbocycles. The fourth-order valence-corrected chi connectivity index (χ4v) is 2.12. The standard InChI is InChI=1S/C17H13F2N3O2/c1-10-3-2-4-11(7-10)16-21-15(24-22-16)9-20-17(23)12-5-6-13(18)14(19)8-12/h2-8H,9H2,1H3,(H,20,23). The molecule has 2 aromatic carbocycles. The first-order chi connectivity index (χ1) is 11.5. The van der Waals surface area contributed by atoms with Gasteiger partial charge in [-0.3, -0.25) is 4.79 Å². The molecule has 1 heterocycles. The van der Waals surface area contributed by atoms with Crippen molar-refractivity contribution in [2.24, 2.45) is 0 Å². The first-order valence-electron chi connectivity index (χ1n) is 7.16. The average Bonchev–Trinajstić information content (AvgIpc) is 3.04. The highest BCUT2D eigenvalue weighted by atomic mass is 19.2. The van der Waals surface area contributed by atoms with Crippen LogP contribution in [0.5, 0.6) is 0 Å². The minimum atomic E-state index is -1.08. The van der Waals surface area contributed by atoms with Crippen LogP contribution in [0.2, 0.25) is 0 Å². The predicted octanol–water partition coefficient (Wildman–Crippen LogP) is 3.25. The van der Waals surface area contributed by atoms with E-state index in [0.29, 0.717) is 5.82 Å². The molecule has 0 atom stereocenters. The molecule has 122 valence electrons. The second-order valence-corrected chi connectivity index (χ2v) is 5.19. The van der Waals surface area contributed by atoms with E-state index in [4.69, 9.17) is 4.52 Å². The van der Waals surface area contributed by atoms with Crippen LogP contribution in [0.4, 0.5) is 8.78 Å². The van der Waals surface area contributed by atoms with E-state index in [1.54, 1.807) is 0 Å². The summed E-state index contributed by atoms with van der Waals surface area (Å²) >= 11 is 0. The SMILES string of the molecule is Cc1cccc(-c2noc(CNC(=O)c3ccc(F)c(F)c3)n2)c1. The highest BCUT2D eigenvalue weighted by Crippen LogP contribution is 2.17. The van der Waals surface area contributed by atoms with E-state index in [0.717, 1.165) is 23.3 Å². The highest BCUT2D eigenvalue weighted by molar-refractivity contribution is 5.94. The van der Waals surface area contributed by atoms with E-state index in [9.17, 15) is 13.6 Å². The van der Waals surface area contributed by atoms with Crippen LogP contribution in [-0.2, 0) is 6.54 Å². The van der Waals surface area contributed by atoms with Crippen molar-refractivity contribution < 1.29 is 18.1 Å². The number of aromatic nitrogens is 2. The predicted molar refractivity (Wildman–Crippen MR) is 82.0 cm³/mol. The van der Waals surface area contributed by atoms with Gasteiger partial charge < -0.3 is 9.84 Å². The normalized spacial score (nSPS) is 10.6. The lowest BCUT2D eigenvalue weighted by Crippen LogP contribution is -2.23.